The molecule has 4 N–H and O–H groups in total. The van der Waals surface area contributed by atoms with Crippen LogP contribution in [0, 0.1) is 0 Å². The second-order valence-electron chi connectivity index (χ2n) is 9.42. The highest BCUT2D eigenvalue weighted by Crippen LogP contribution is 2.32. The van der Waals surface area contributed by atoms with Gasteiger partial charge in [0.2, 0.25) is 0 Å². The van der Waals surface area contributed by atoms with Crippen LogP contribution in [0.1, 0.15) is 26.7 Å². The molecule has 2 saturated heterocycles. The second-order valence-corrected chi connectivity index (χ2v) is 9.42. The Morgan fingerprint density at radius 3 is 1.87 bits per heavy atom. The van der Waals surface area contributed by atoms with Crippen LogP contribution in [0.5, 0.6) is 0 Å². The molecule has 2 atom stereocenters. The van der Waals surface area contributed by atoms with Crippen molar-refractivity contribution < 1.29 is 14.3 Å². The first-order valence-corrected chi connectivity index (χ1v) is 13.1. The summed E-state index contributed by atoms with van der Waals surface area (Å²) in [4.78, 5) is 35.9. The van der Waals surface area contributed by atoms with Crippen molar-refractivity contribution >= 4 is 29.3 Å². The monoisotopic (exact) mass is 515 g/mol. The minimum absolute atomic E-state index is 0.231. The molecule has 0 radical (unpaired) electrons. The van der Waals surface area contributed by atoms with Crippen molar-refractivity contribution in [1.82, 2.24) is 20.6 Å². The SMILES string of the molecule is CCNC(=O)Nc1ccc(-c2cc(N3CC4CCC(C3)O4)nc(-c3ccc(NC(=O)NCC)cc3)n2)cc1. The third-order valence-corrected chi connectivity index (χ3v) is 6.59. The number of nitrogens with one attached hydrogen (secondary N) is 4. The smallest absolute Gasteiger partial charge is 0.319 e. The Morgan fingerprint density at radius 1 is 0.816 bits per heavy atom. The lowest BCUT2D eigenvalue weighted by molar-refractivity contribution is 0.0302. The van der Waals surface area contributed by atoms with Gasteiger partial charge in [-0.25, -0.2) is 19.6 Å². The predicted molar refractivity (Wildman–Crippen MR) is 148 cm³/mol. The number of benzene rings is 2. The Hall–Kier alpha value is -4.18. The van der Waals surface area contributed by atoms with Gasteiger partial charge in [0.1, 0.15) is 5.82 Å². The van der Waals surface area contributed by atoms with Gasteiger partial charge in [0.25, 0.3) is 0 Å². The highest BCUT2D eigenvalue weighted by atomic mass is 16.5. The molecular weight excluding hydrogens is 482 g/mol. The number of nitrogens with zero attached hydrogens (tertiary/aromatic N) is 3. The Kier molecular flexibility index (Phi) is 7.69. The van der Waals surface area contributed by atoms with Gasteiger partial charge in [-0.3, -0.25) is 0 Å². The molecular formula is C28H33N7O3. The minimum atomic E-state index is -0.243. The number of carbonyl (C=O) groups is 2. The maximum absolute atomic E-state index is 11.9. The Bertz CT molecular complexity index is 1190. The van der Waals surface area contributed by atoms with E-state index in [9.17, 15) is 9.59 Å². The van der Waals surface area contributed by atoms with Crippen LogP contribution < -0.4 is 26.2 Å². The number of rotatable bonds is 7. The van der Waals surface area contributed by atoms with E-state index in [1.807, 2.05) is 68.4 Å². The maximum Gasteiger partial charge on any atom is 0.319 e. The molecule has 2 aliphatic rings. The molecule has 0 saturated carbocycles. The fourth-order valence-corrected chi connectivity index (χ4v) is 4.77. The molecule has 2 fully saturated rings. The van der Waals surface area contributed by atoms with E-state index in [2.05, 4.69) is 26.2 Å². The van der Waals surface area contributed by atoms with E-state index in [0.29, 0.717) is 30.3 Å². The minimum Gasteiger partial charge on any atom is -0.371 e. The van der Waals surface area contributed by atoms with E-state index in [-0.39, 0.29) is 24.3 Å². The topological polar surface area (TPSA) is 121 Å². The van der Waals surface area contributed by atoms with Crippen LogP contribution >= 0.6 is 0 Å². The lowest BCUT2D eigenvalue weighted by Gasteiger charge is -2.33. The summed E-state index contributed by atoms with van der Waals surface area (Å²) in [6, 6.07) is 16.7. The van der Waals surface area contributed by atoms with Crippen molar-refractivity contribution in [3.63, 3.8) is 0 Å². The number of amides is 4. The molecule has 2 bridgehead atoms. The predicted octanol–water partition coefficient (Wildman–Crippen LogP) is 4.46. The highest BCUT2D eigenvalue weighted by Gasteiger charge is 2.34. The third kappa shape index (κ3) is 6.03. The van der Waals surface area contributed by atoms with Crippen molar-refractivity contribution in [3.8, 4) is 22.6 Å². The average molecular weight is 516 g/mol. The summed E-state index contributed by atoms with van der Waals surface area (Å²) in [6.07, 6.45) is 2.61. The maximum atomic E-state index is 11.9. The largest absolute Gasteiger partial charge is 0.371 e. The van der Waals surface area contributed by atoms with Crippen LogP contribution in [0.2, 0.25) is 0 Å². The van der Waals surface area contributed by atoms with E-state index in [1.165, 1.54) is 0 Å². The van der Waals surface area contributed by atoms with Crippen LogP contribution in [0.15, 0.2) is 54.6 Å². The van der Waals surface area contributed by atoms with Crippen LogP contribution in [0.3, 0.4) is 0 Å². The van der Waals surface area contributed by atoms with Crippen LogP contribution in [0.25, 0.3) is 22.6 Å². The Morgan fingerprint density at radius 2 is 1.34 bits per heavy atom. The molecule has 2 aromatic carbocycles. The molecule has 2 aliphatic heterocycles. The van der Waals surface area contributed by atoms with Crippen molar-refractivity contribution in [3.05, 3.63) is 54.6 Å². The van der Waals surface area contributed by atoms with Gasteiger partial charge in [-0.2, -0.15) is 0 Å². The molecule has 10 heteroatoms. The number of hydrogen-bond donors (Lipinski definition) is 4. The summed E-state index contributed by atoms with van der Waals surface area (Å²) in [5.41, 5.74) is 3.95. The summed E-state index contributed by atoms with van der Waals surface area (Å²) in [7, 11) is 0. The van der Waals surface area contributed by atoms with Crippen molar-refractivity contribution in [1.29, 1.82) is 0 Å². The third-order valence-electron chi connectivity index (χ3n) is 6.59. The number of urea groups is 2. The fraction of sp³-hybridized carbons (Fsp3) is 0.357. The average Bonchev–Trinajstić information content (AvgIpc) is 3.26. The van der Waals surface area contributed by atoms with E-state index < -0.39 is 0 Å². The molecule has 3 aromatic rings. The standard InChI is InChI=1S/C28H33N7O3/c1-3-29-27(36)31-20-9-5-18(6-10-20)24-15-25(35-16-22-13-14-23(17-35)38-22)34-26(33-24)19-7-11-21(12-8-19)32-28(37)30-4-2/h5-12,15,22-23H,3-4,13-14,16-17H2,1-2H3,(H2,29,31,36)(H2,30,32,37). The van der Waals surface area contributed by atoms with Gasteiger partial charge < -0.3 is 30.9 Å². The number of carbonyl (C=O) groups excluding carboxylic acids is 2. The van der Waals surface area contributed by atoms with E-state index >= 15 is 0 Å². The van der Waals surface area contributed by atoms with Gasteiger partial charge in [-0.05, 0) is 63.1 Å². The molecule has 2 unspecified atom stereocenters. The lowest BCUT2D eigenvalue weighted by atomic mass is 10.1. The second kappa shape index (κ2) is 11.5. The van der Waals surface area contributed by atoms with Gasteiger partial charge in [0.05, 0.1) is 17.9 Å². The summed E-state index contributed by atoms with van der Waals surface area (Å²) in [5.74, 6) is 1.46. The number of anilines is 3. The van der Waals surface area contributed by atoms with Gasteiger partial charge >= 0.3 is 12.1 Å². The number of fused-ring (bicyclic) bond motifs is 2. The molecule has 3 heterocycles. The van der Waals surface area contributed by atoms with Crippen LogP contribution in [-0.4, -0.2) is 60.4 Å². The molecule has 38 heavy (non-hydrogen) atoms. The first-order chi connectivity index (χ1) is 18.5. The normalized spacial score (nSPS) is 18.1. The number of ether oxygens (including phenoxy) is 1. The summed E-state index contributed by atoms with van der Waals surface area (Å²) in [6.45, 7) is 6.47. The lowest BCUT2D eigenvalue weighted by Crippen LogP contribution is -2.43. The molecule has 10 nitrogen and oxygen atoms in total. The van der Waals surface area contributed by atoms with Gasteiger partial charge in [0.15, 0.2) is 5.82 Å². The van der Waals surface area contributed by atoms with Gasteiger partial charge in [-0.15, -0.1) is 0 Å². The zero-order valence-corrected chi connectivity index (χ0v) is 21.7. The van der Waals surface area contributed by atoms with E-state index in [1.54, 1.807) is 0 Å². The molecule has 5 rings (SSSR count). The van der Waals surface area contributed by atoms with Crippen molar-refractivity contribution in [2.24, 2.45) is 0 Å². The van der Waals surface area contributed by atoms with Gasteiger partial charge in [-0.1, -0.05) is 12.1 Å². The van der Waals surface area contributed by atoms with E-state index in [0.717, 1.165) is 48.6 Å². The number of hydrogen-bond acceptors (Lipinski definition) is 6. The zero-order chi connectivity index (χ0) is 26.5. The van der Waals surface area contributed by atoms with Crippen molar-refractivity contribution in [2.45, 2.75) is 38.9 Å². The van der Waals surface area contributed by atoms with Crippen LogP contribution in [0.4, 0.5) is 26.8 Å². The Balaban J connectivity index is 1.44. The van der Waals surface area contributed by atoms with Crippen molar-refractivity contribution in [2.75, 3.05) is 41.7 Å². The molecule has 4 amide bonds. The molecule has 0 spiro atoms. The first kappa shape index (κ1) is 25.5. The zero-order valence-electron chi connectivity index (χ0n) is 21.7. The molecule has 198 valence electrons. The summed E-state index contributed by atoms with van der Waals surface area (Å²) in [5, 5.41) is 11.1. The highest BCUT2D eigenvalue weighted by molar-refractivity contribution is 5.90. The first-order valence-electron chi connectivity index (χ1n) is 13.1. The molecule has 1 aromatic heterocycles. The number of aromatic nitrogens is 2. The van der Waals surface area contributed by atoms with E-state index in [4.69, 9.17) is 14.7 Å². The quantitative estimate of drug-likeness (QED) is 0.369. The molecule has 0 aliphatic carbocycles. The summed E-state index contributed by atoms with van der Waals surface area (Å²) < 4.78 is 6.04. The number of morpholine rings is 1. The fourth-order valence-electron chi connectivity index (χ4n) is 4.77. The van der Waals surface area contributed by atoms with Gasteiger partial charge in [0, 0.05) is 54.7 Å². The Labute approximate surface area is 222 Å². The van der Waals surface area contributed by atoms with Crippen LogP contribution in [-0.2, 0) is 4.74 Å². The summed E-state index contributed by atoms with van der Waals surface area (Å²) >= 11 is 0.